The van der Waals surface area contributed by atoms with E-state index in [9.17, 15) is 9.59 Å². The standard InChI is InChI=1S/C21H26N2O3/c1-15(2)17-9-11-18(12-10-17)23(16(3)24)14-13-22-21(25)19-7-5-6-8-20(19)26-4/h5-12,15H,13-14H2,1-4H3,(H,22,25). The van der Waals surface area contributed by atoms with Crippen molar-refractivity contribution in [1.29, 1.82) is 0 Å². The maximum absolute atomic E-state index is 12.3. The molecule has 0 saturated heterocycles. The van der Waals surface area contributed by atoms with E-state index in [-0.39, 0.29) is 11.8 Å². The van der Waals surface area contributed by atoms with Crippen LogP contribution in [0.4, 0.5) is 5.69 Å². The van der Waals surface area contributed by atoms with E-state index in [0.29, 0.717) is 30.3 Å². The van der Waals surface area contributed by atoms with Crippen molar-refractivity contribution < 1.29 is 14.3 Å². The lowest BCUT2D eigenvalue weighted by Gasteiger charge is -2.22. The van der Waals surface area contributed by atoms with Crippen LogP contribution in [0, 0.1) is 0 Å². The molecule has 0 saturated carbocycles. The largest absolute Gasteiger partial charge is 0.496 e. The molecule has 0 atom stereocenters. The molecule has 2 aromatic carbocycles. The van der Waals surface area contributed by atoms with Gasteiger partial charge in [-0.25, -0.2) is 0 Å². The Labute approximate surface area is 155 Å². The molecule has 2 amide bonds. The zero-order valence-electron chi connectivity index (χ0n) is 15.8. The fraction of sp³-hybridized carbons (Fsp3) is 0.333. The van der Waals surface area contributed by atoms with Gasteiger partial charge in [0, 0.05) is 25.7 Å². The van der Waals surface area contributed by atoms with Crippen LogP contribution in [0.1, 0.15) is 42.6 Å². The van der Waals surface area contributed by atoms with Crippen molar-refractivity contribution in [2.24, 2.45) is 0 Å². The number of ether oxygens (including phenoxy) is 1. The fourth-order valence-corrected chi connectivity index (χ4v) is 2.72. The SMILES string of the molecule is COc1ccccc1C(=O)NCCN(C(C)=O)c1ccc(C(C)C)cc1. The van der Waals surface area contributed by atoms with Gasteiger partial charge in [0.15, 0.2) is 0 Å². The molecule has 0 spiro atoms. The monoisotopic (exact) mass is 354 g/mol. The zero-order chi connectivity index (χ0) is 19.1. The molecule has 2 rings (SSSR count). The van der Waals surface area contributed by atoms with Crippen molar-refractivity contribution in [1.82, 2.24) is 5.32 Å². The van der Waals surface area contributed by atoms with Crippen molar-refractivity contribution in [3.63, 3.8) is 0 Å². The van der Waals surface area contributed by atoms with Crippen LogP contribution >= 0.6 is 0 Å². The van der Waals surface area contributed by atoms with Gasteiger partial charge in [-0.3, -0.25) is 9.59 Å². The van der Waals surface area contributed by atoms with Crippen molar-refractivity contribution in [2.75, 3.05) is 25.1 Å². The highest BCUT2D eigenvalue weighted by molar-refractivity contribution is 5.97. The minimum atomic E-state index is -0.221. The van der Waals surface area contributed by atoms with Crippen molar-refractivity contribution in [2.45, 2.75) is 26.7 Å². The normalized spacial score (nSPS) is 10.5. The summed E-state index contributed by atoms with van der Waals surface area (Å²) >= 11 is 0. The van der Waals surface area contributed by atoms with Gasteiger partial charge in [0.2, 0.25) is 5.91 Å². The van der Waals surface area contributed by atoms with E-state index >= 15 is 0 Å². The highest BCUT2D eigenvalue weighted by Crippen LogP contribution is 2.20. The van der Waals surface area contributed by atoms with Crippen molar-refractivity contribution in [3.05, 3.63) is 59.7 Å². The summed E-state index contributed by atoms with van der Waals surface area (Å²) in [6.07, 6.45) is 0. The van der Waals surface area contributed by atoms with Gasteiger partial charge in [0.25, 0.3) is 5.91 Å². The molecule has 0 bridgehead atoms. The second-order valence-electron chi connectivity index (χ2n) is 6.37. The van der Waals surface area contributed by atoms with Crippen molar-refractivity contribution in [3.8, 4) is 5.75 Å². The summed E-state index contributed by atoms with van der Waals surface area (Å²) in [6, 6.07) is 15.0. The Balaban J connectivity index is 2.00. The summed E-state index contributed by atoms with van der Waals surface area (Å²) in [7, 11) is 1.53. The Hall–Kier alpha value is -2.82. The molecule has 0 aliphatic heterocycles. The Kier molecular flexibility index (Phi) is 6.78. The van der Waals surface area contributed by atoms with Gasteiger partial charge in [0.1, 0.15) is 5.75 Å². The molecule has 0 unspecified atom stereocenters. The van der Waals surface area contributed by atoms with Crippen LogP contribution < -0.4 is 15.0 Å². The number of carbonyl (C=O) groups is 2. The molecule has 2 aromatic rings. The van der Waals surface area contributed by atoms with E-state index in [4.69, 9.17) is 4.74 Å². The number of anilines is 1. The maximum atomic E-state index is 12.3. The van der Waals surface area contributed by atoms with Gasteiger partial charge < -0.3 is 15.0 Å². The molecule has 0 heterocycles. The summed E-state index contributed by atoms with van der Waals surface area (Å²) in [5, 5.41) is 2.85. The number of nitrogens with one attached hydrogen (secondary N) is 1. The molecule has 0 fully saturated rings. The highest BCUT2D eigenvalue weighted by Gasteiger charge is 2.14. The molecule has 0 aliphatic rings. The van der Waals surface area contributed by atoms with Crippen LogP contribution in [0.2, 0.25) is 0 Å². The highest BCUT2D eigenvalue weighted by atomic mass is 16.5. The lowest BCUT2D eigenvalue weighted by Crippen LogP contribution is -2.37. The first-order chi connectivity index (χ1) is 12.4. The Morgan fingerprint density at radius 1 is 1.08 bits per heavy atom. The van der Waals surface area contributed by atoms with E-state index in [1.165, 1.54) is 19.6 Å². The minimum absolute atomic E-state index is 0.0613. The third-order valence-corrected chi connectivity index (χ3v) is 4.22. The van der Waals surface area contributed by atoms with Gasteiger partial charge in [-0.2, -0.15) is 0 Å². The van der Waals surface area contributed by atoms with Gasteiger partial charge in [-0.15, -0.1) is 0 Å². The molecule has 5 nitrogen and oxygen atoms in total. The van der Waals surface area contributed by atoms with Gasteiger partial charge >= 0.3 is 0 Å². The molecule has 26 heavy (non-hydrogen) atoms. The molecule has 0 radical (unpaired) electrons. The topological polar surface area (TPSA) is 58.6 Å². The van der Waals surface area contributed by atoms with Gasteiger partial charge in [-0.1, -0.05) is 38.1 Å². The second-order valence-corrected chi connectivity index (χ2v) is 6.37. The number of hydrogen-bond acceptors (Lipinski definition) is 3. The van der Waals surface area contributed by atoms with Gasteiger partial charge in [0.05, 0.1) is 12.7 Å². The number of hydrogen-bond donors (Lipinski definition) is 1. The maximum Gasteiger partial charge on any atom is 0.255 e. The Bertz CT molecular complexity index is 754. The van der Waals surface area contributed by atoms with Crippen LogP contribution in [0.25, 0.3) is 0 Å². The molecule has 138 valence electrons. The zero-order valence-corrected chi connectivity index (χ0v) is 15.8. The number of carbonyl (C=O) groups excluding carboxylic acids is 2. The number of nitrogens with zero attached hydrogens (tertiary/aromatic N) is 1. The van der Waals surface area contributed by atoms with Crippen molar-refractivity contribution >= 4 is 17.5 Å². The smallest absolute Gasteiger partial charge is 0.255 e. The second kappa shape index (κ2) is 9.04. The number of amides is 2. The van der Waals surface area contributed by atoms with Gasteiger partial charge in [-0.05, 0) is 35.7 Å². The van der Waals surface area contributed by atoms with Crippen LogP contribution in [0.3, 0.4) is 0 Å². The molecule has 5 heteroatoms. The summed E-state index contributed by atoms with van der Waals surface area (Å²) in [5.41, 5.74) is 2.53. The summed E-state index contributed by atoms with van der Waals surface area (Å²) in [5.74, 6) is 0.683. The molecular formula is C21H26N2O3. The van der Waals surface area contributed by atoms with E-state index in [1.54, 1.807) is 23.1 Å². The van der Waals surface area contributed by atoms with E-state index in [0.717, 1.165) is 5.69 Å². The third-order valence-electron chi connectivity index (χ3n) is 4.22. The Morgan fingerprint density at radius 3 is 2.31 bits per heavy atom. The van der Waals surface area contributed by atoms with E-state index in [1.807, 2.05) is 30.3 Å². The van der Waals surface area contributed by atoms with Crippen LogP contribution in [-0.4, -0.2) is 32.0 Å². The van der Waals surface area contributed by atoms with Crippen LogP contribution in [-0.2, 0) is 4.79 Å². The lowest BCUT2D eigenvalue weighted by molar-refractivity contribution is -0.116. The number of methoxy groups -OCH3 is 1. The minimum Gasteiger partial charge on any atom is -0.496 e. The number of para-hydroxylation sites is 1. The average molecular weight is 354 g/mol. The van der Waals surface area contributed by atoms with Crippen LogP contribution in [0.15, 0.2) is 48.5 Å². The lowest BCUT2D eigenvalue weighted by atomic mass is 10.0. The fourth-order valence-electron chi connectivity index (χ4n) is 2.72. The Morgan fingerprint density at radius 2 is 1.73 bits per heavy atom. The first-order valence-electron chi connectivity index (χ1n) is 8.73. The third kappa shape index (κ3) is 4.85. The number of rotatable bonds is 7. The summed E-state index contributed by atoms with van der Waals surface area (Å²) in [6.45, 7) is 6.54. The molecule has 0 aliphatic carbocycles. The summed E-state index contributed by atoms with van der Waals surface area (Å²) < 4.78 is 5.21. The molecule has 1 N–H and O–H groups in total. The van der Waals surface area contributed by atoms with E-state index in [2.05, 4.69) is 19.2 Å². The predicted octanol–water partition coefficient (Wildman–Crippen LogP) is 3.60. The number of benzene rings is 2. The quantitative estimate of drug-likeness (QED) is 0.826. The molecule has 0 aromatic heterocycles. The first kappa shape index (κ1) is 19.5. The summed E-state index contributed by atoms with van der Waals surface area (Å²) in [4.78, 5) is 26.0. The average Bonchev–Trinajstić information content (AvgIpc) is 2.64. The predicted molar refractivity (Wildman–Crippen MR) is 104 cm³/mol. The van der Waals surface area contributed by atoms with E-state index < -0.39 is 0 Å². The van der Waals surface area contributed by atoms with Crippen LogP contribution in [0.5, 0.6) is 5.75 Å². The molecular weight excluding hydrogens is 328 g/mol. The first-order valence-corrected chi connectivity index (χ1v) is 8.73.